The van der Waals surface area contributed by atoms with Gasteiger partial charge in [0.05, 0.1) is 5.69 Å². The first kappa shape index (κ1) is 14.7. The van der Waals surface area contributed by atoms with E-state index in [4.69, 9.17) is 0 Å². The number of hydrogen-bond acceptors (Lipinski definition) is 2. The van der Waals surface area contributed by atoms with Gasteiger partial charge in [0.2, 0.25) is 6.08 Å². The summed E-state index contributed by atoms with van der Waals surface area (Å²) in [4.78, 5) is 13.8. The Kier molecular flexibility index (Phi) is 5.76. The van der Waals surface area contributed by atoms with Gasteiger partial charge in [0.15, 0.2) is 0 Å². The summed E-state index contributed by atoms with van der Waals surface area (Å²) in [5.41, 5.74) is 2.09. The maximum atomic E-state index is 10.2. The zero-order chi connectivity index (χ0) is 14.2. The Bertz CT molecular complexity index is 475. The summed E-state index contributed by atoms with van der Waals surface area (Å²) < 4.78 is 0. The van der Waals surface area contributed by atoms with Gasteiger partial charge in [-0.2, -0.15) is 4.99 Å². The molecule has 0 amide bonds. The van der Waals surface area contributed by atoms with Gasteiger partial charge >= 0.3 is 0 Å². The second-order valence-electron chi connectivity index (χ2n) is 5.66. The molecule has 1 aliphatic rings. The molecular weight excluding hydrogens is 246 g/mol. The van der Waals surface area contributed by atoms with Crippen LogP contribution in [0.2, 0.25) is 0 Å². The van der Waals surface area contributed by atoms with E-state index in [0.717, 1.165) is 5.92 Å². The third-order valence-electron chi connectivity index (χ3n) is 4.36. The zero-order valence-electron chi connectivity index (χ0n) is 12.2. The normalized spacial score (nSPS) is 22.6. The van der Waals surface area contributed by atoms with Crippen molar-refractivity contribution in [3.05, 3.63) is 42.0 Å². The Morgan fingerprint density at radius 1 is 1.20 bits per heavy atom. The Morgan fingerprint density at radius 2 is 1.90 bits per heavy atom. The first-order valence-corrected chi connectivity index (χ1v) is 7.62. The van der Waals surface area contributed by atoms with E-state index in [1.54, 1.807) is 6.08 Å². The Labute approximate surface area is 121 Å². The lowest BCUT2D eigenvalue weighted by Crippen LogP contribution is -2.13. The number of carbonyl (C=O) groups excluding carboxylic acids is 1. The van der Waals surface area contributed by atoms with E-state index in [1.807, 2.05) is 12.1 Å². The van der Waals surface area contributed by atoms with E-state index >= 15 is 0 Å². The number of rotatable bonds is 5. The van der Waals surface area contributed by atoms with E-state index < -0.39 is 0 Å². The first-order chi connectivity index (χ1) is 9.83. The second-order valence-corrected chi connectivity index (χ2v) is 5.66. The van der Waals surface area contributed by atoms with Gasteiger partial charge in [0, 0.05) is 0 Å². The van der Waals surface area contributed by atoms with Crippen LogP contribution < -0.4 is 0 Å². The lowest BCUT2D eigenvalue weighted by atomic mass is 9.77. The molecule has 0 radical (unpaired) electrons. The molecule has 0 atom stereocenters. The van der Waals surface area contributed by atoms with Crippen molar-refractivity contribution < 1.29 is 4.79 Å². The molecule has 2 heteroatoms. The lowest BCUT2D eigenvalue weighted by Gasteiger charge is -2.28. The molecule has 1 saturated carbocycles. The predicted octanol–water partition coefficient (Wildman–Crippen LogP) is 5.28. The molecule has 1 aromatic rings. The average molecular weight is 269 g/mol. The smallest absolute Gasteiger partial charge is 0.211 e. The predicted molar refractivity (Wildman–Crippen MR) is 83.0 cm³/mol. The molecule has 0 spiro atoms. The van der Waals surface area contributed by atoms with Gasteiger partial charge in [-0.1, -0.05) is 24.3 Å². The Morgan fingerprint density at radius 3 is 2.50 bits per heavy atom. The summed E-state index contributed by atoms with van der Waals surface area (Å²) in [7, 11) is 0. The number of aliphatic imine (C=N–C) groups is 1. The van der Waals surface area contributed by atoms with Crippen LogP contribution in [0.1, 0.15) is 56.9 Å². The van der Waals surface area contributed by atoms with Crippen LogP contribution in [0.15, 0.2) is 41.4 Å². The number of hydrogen-bond donors (Lipinski definition) is 0. The van der Waals surface area contributed by atoms with Crippen molar-refractivity contribution in [2.24, 2.45) is 10.9 Å². The minimum Gasteiger partial charge on any atom is -0.211 e. The molecule has 0 aromatic heterocycles. The second kappa shape index (κ2) is 7.81. The maximum Gasteiger partial charge on any atom is 0.240 e. The summed E-state index contributed by atoms with van der Waals surface area (Å²) >= 11 is 0. The molecule has 20 heavy (non-hydrogen) atoms. The molecule has 0 saturated heterocycles. The van der Waals surface area contributed by atoms with E-state index in [9.17, 15) is 4.79 Å². The highest BCUT2D eigenvalue weighted by molar-refractivity contribution is 5.49. The molecule has 0 N–H and O–H groups in total. The first-order valence-electron chi connectivity index (χ1n) is 7.62. The summed E-state index contributed by atoms with van der Waals surface area (Å²) in [5.74, 6) is 1.59. The summed E-state index contributed by atoms with van der Waals surface area (Å²) in [6.07, 6.45) is 13.8. The molecule has 1 fully saturated rings. The molecule has 0 heterocycles. The topological polar surface area (TPSA) is 29.4 Å². The van der Waals surface area contributed by atoms with Gasteiger partial charge in [-0.25, -0.2) is 4.79 Å². The van der Waals surface area contributed by atoms with E-state index in [0.29, 0.717) is 11.6 Å². The SMILES string of the molecule is C/C=C/CCC1CCC(c2ccc(N=C=O)cc2)CC1. The molecule has 0 unspecified atom stereocenters. The minimum atomic E-state index is 0.683. The molecule has 1 aromatic carbocycles. The standard InChI is InChI=1S/C18H23NO/c1-2-3-4-5-15-6-8-16(9-7-15)17-10-12-18(13-11-17)19-14-20/h2-3,10-13,15-16H,4-9H2,1H3/b3-2+. The van der Waals surface area contributed by atoms with Crippen LogP contribution in [0.4, 0.5) is 5.69 Å². The van der Waals surface area contributed by atoms with Gasteiger partial charge in [0.1, 0.15) is 0 Å². The van der Waals surface area contributed by atoms with Crippen LogP contribution in [0, 0.1) is 5.92 Å². The van der Waals surface area contributed by atoms with Crippen LogP contribution in [0.5, 0.6) is 0 Å². The van der Waals surface area contributed by atoms with Crippen molar-refractivity contribution in [3.8, 4) is 0 Å². The van der Waals surface area contributed by atoms with Gasteiger partial charge < -0.3 is 0 Å². The quantitative estimate of drug-likeness (QED) is 0.406. The number of benzene rings is 1. The lowest BCUT2D eigenvalue weighted by molar-refractivity contribution is 0.312. The average Bonchev–Trinajstić information content (AvgIpc) is 2.49. The Hall–Kier alpha value is -1.66. The van der Waals surface area contributed by atoms with Gasteiger partial charge in [-0.3, -0.25) is 0 Å². The molecule has 0 aliphatic heterocycles. The van der Waals surface area contributed by atoms with Crippen LogP contribution in [-0.4, -0.2) is 6.08 Å². The van der Waals surface area contributed by atoms with Crippen LogP contribution in [-0.2, 0) is 4.79 Å². The van der Waals surface area contributed by atoms with Crippen molar-refractivity contribution in [2.45, 2.75) is 51.4 Å². The largest absolute Gasteiger partial charge is 0.240 e. The molecule has 2 nitrogen and oxygen atoms in total. The van der Waals surface area contributed by atoms with E-state index in [2.05, 4.69) is 36.2 Å². The molecule has 0 bridgehead atoms. The minimum absolute atomic E-state index is 0.683. The Balaban J connectivity index is 1.85. The molecule has 1 aliphatic carbocycles. The van der Waals surface area contributed by atoms with Crippen molar-refractivity contribution in [1.29, 1.82) is 0 Å². The highest BCUT2D eigenvalue weighted by Crippen LogP contribution is 2.37. The third kappa shape index (κ3) is 4.18. The van der Waals surface area contributed by atoms with Crippen LogP contribution in [0.25, 0.3) is 0 Å². The molecular formula is C18H23NO. The molecule has 2 rings (SSSR count). The van der Waals surface area contributed by atoms with Gasteiger partial charge in [0.25, 0.3) is 0 Å². The fraction of sp³-hybridized carbons (Fsp3) is 0.500. The summed E-state index contributed by atoms with van der Waals surface area (Å²) in [6.45, 7) is 2.09. The van der Waals surface area contributed by atoms with E-state index in [1.165, 1.54) is 44.1 Å². The number of allylic oxidation sites excluding steroid dienone is 2. The van der Waals surface area contributed by atoms with Crippen molar-refractivity contribution in [1.82, 2.24) is 0 Å². The summed E-state index contributed by atoms with van der Waals surface area (Å²) in [5, 5.41) is 0. The van der Waals surface area contributed by atoms with Crippen LogP contribution >= 0.6 is 0 Å². The van der Waals surface area contributed by atoms with Gasteiger partial charge in [-0.15, -0.1) is 0 Å². The highest BCUT2D eigenvalue weighted by Gasteiger charge is 2.21. The highest BCUT2D eigenvalue weighted by atomic mass is 16.1. The van der Waals surface area contributed by atoms with Crippen molar-refractivity contribution in [3.63, 3.8) is 0 Å². The monoisotopic (exact) mass is 269 g/mol. The fourth-order valence-corrected chi connectivity index (χ4v) is 3.16. The van der Waals surface area contributed by atoms with E-state index in [-0.39, 0.29) is 0 Å². The number of nitrogens with zero attached hydrogens (tertiary/aromatic N) is 1. The van der Waals surface area contributed by atoms with Crippen molar-refractivity contribution in [2.75, 3.05) is 0 Å². The van der Waals surface area contributed by atoms with Gasteiger partial charge in [-0.05, 0) is 75.0 Å². The fourth-order valence-electron chi connectivity index (χ4n) is 3.16. The maximum absolute atomic E-state index is 10.2. The summed E-state index contributed by atoms with van der Waals surface area (Å²) in [6, 6.07) is 8.05. The third-order valence-corrected chi connectivity index (χ3v) is 4.36. The van der Waals surface area contributed by atoms with Crippen molar-refractivity contribution >= 4 is 11.8 Å². The van der Waals surface area contributed by atoms with Crippen LogP contribution in [0.3, 0.4) is 0 Å². The zero-order valence-corrected chi connectivity index (χ0v) is 12.2. The number of isocyanates is 1. The molecule has 106 valence electrons.